The fourth-order valence-corrected chi connectivity index (χ4v) is 2.63. The van der Waals surface area contributed by atoms with Gasteiger partial charge in [-0.3, -0.25) is 10.1 Å². The van der Waals surface area contributed by atoms with Crippen LogP contribution >= 0.6 is 11.8 Å². The molecular weight excluding hydrogens is 294 g/mol. The molecule has 0 aliphatic carbocycles. The number of furan rings is 1. The normalized spacial score (nSPS) is 11.9. The van der Waals surface area contributed by atoms with Crippen molar-refractivity contribution in [3.05, 3.63) is 58.0 Å². The van der Waals surface area contributed by atoms with Gasteiger partial charge in [-0.05, 0) is 31.2 Å². The van der Waals surface area contributed by atoms with Crippen LogP contribution in [-0.4, -0.2) is 18.0 Å². The summed E-state index contributed by atoms with van der Waals surface area (Å²) in [6.07, 6.45) is 0. The summed E-state index contributed by atoms with van der Waals surface area (Å²) in [6, 6.07) is 9.56. The van der Waals surface area contributed by atoms with E-state index in [1.807, 2.05) is 6.92 Å². The van der Waals surface area contributed by atoms with Crippen molar-refractivity contribution in [3.8, 4) is 0 Å². The summed E-state index contributed by atoms with van der Waals surface area (Å²) in [7, 11) is 1.29. The molecule has 1 aromatic carbocycles. The van der Waals surface area contributed by atoms with Crippen molar-refractivity contribution < 1.29 is 18.9 Å². The number of nitro benzene ring substituents is 1. The van der Waals surface area contributed by atoms with Crippen molar-refractivity contribution in [1.82, 2.24) is 0 Å². The summed E-state index contributed by atoms with van der Waals surface area (Å²) >= 11 is 1.48. The Morgan fingerprint density at radius 3 is 2.52 bits per heavy atom. The molecule has 0 radical (unpaired) electrons. The van der Waals surface area contributed by atoms with Crippen molar-refractivity contribution in [3.63, 3.8) is 0 Å². The summed E-state index contributed by atoms with van der Waals surface area (Å²) in [5.41, 5.74) is 0.0537. The van der Waals surface area contributed by atoms with E-state index in [-0.39, 0.29) is 16.7 Å². The minimum atomic E-state index is -0.520. The second kappa shape index (κ2) is 6.45. The predicted octanol–water partition coefficient (Wildman–Crippen LogP) is 3.83. The maximum absolute atomic E-state index is 11.3. The Labute approximate surface area is 125 Å². The highest BCUT2D eigenvalue weighted by atomic mass is 32.2. The molecule has 21 heavy (non-hydrogen) atoms. The quantitative estimate of drug-likeness (QED) is 0.361. The van der Waals surface area contributed by atoms with E-state index in [0.717, 1.165) is 4.90 Å². The van der Waals surface area contributed by atoms with Crippen molar-refractivity contribution in [2.45, 2.75) is 17.1 Å². The lowest BCUT2D eigenvalue weighted by molar-refractivity contribution is -0.384. The molecule has 1 heterocycles. The molecule has 1 atom stereocenters. The molecule has 2 rings (SSSR count). The van der Waals surface area contributed by atoms with Crippen LogP contribution in [0.2, 0.25) is 0 Å². The largest absolute Gasteiger partial charge is 0.463 e. The number of non-ortho nitro benzene ring substituents is 1. The summed E-state index contributed by atoms with van der Waals surface area (Å²) < 4.78 is 10.0. The van der Waals surface area contributed by atoms with Crippen molar-refractivity contribution in [2.24, 2.45) is 0 Å². The predicted molar refractivity (Wildman–Crippen MR) is 77.4 cm³/mol. The second-order valence-electron chi connectivity index (χ2n) is 4.20. The minimum Gasteiger partial charge on any atom is -0.463 e. The van der Waals surface area contributed by atoms with E-state index in [1.54, 1.807) is 24.3 Å². The summed E-state index contributed by atoms with van der Waals surface area (Å²) in [4.78, 5) is 22.4. The van der Waals surface area contributed by atoms with Crippen LogP contribution in [0.5, 0.6) is 0 Å². The van der Waals surface area contributed by atoms with Gasteiger partial charge in [0.1, 0.15) is 5.76 Å². The maximum Gasteiger partial charge on any atom is 0.373 e. The first kappa shape index (κ1) is 15.1. The topological polar surface area (TPSA) is 82.6 Å². The highest BCUT2D eigenvalue weighted by Gasteiger charge is 2.16. The third-order valence-electron chi connectivity index (χ3n) is 2.77. The molecule has 0 amide bonds. The van der Waals surface area contributed by atoms with Crippen LogP contribution in [0.25, 0.3) is 0 Å². The summed E-state index contributed by atoms with van der Waals surface area (Å²) in [6.45, 7) is 1.92. The molecule has 0 spiro atoms. The van der Waals surface area contributed by atoms with Gasteiger partial charge in [0.15, 0.2) is 0 Å². The van der Waals surface area contributed by atoms with Gasteiger partial charge in [-0.1, -0.05) is 0 Å². The SMILES string of the molecule is COC(=O)c1ccc(C(C)Sc2ccc([N+](=O)[O-])cc2)o1. The number of carbonyl (C=O) groups is 1. The van der Waals surface area contributed by atoms with Gasteiger partial charge in [-0.25, -0.2) is 4.79 Å². The van der Waals surface area contributed by atoms with Crippen LogP contribution in [0.4, 0.5) is 5.69 Å². The first-order chi connectivity index (χ1) is 10.0. The third-order valence-corrected chi connectivity index (χ3v) is 3.90. The van der Waals surface area contributed by atoms with Gasteiger partial charge in [-0.15, -0.1) is 11.8 Å². The number of thioether (sulfide) groups is 1. The molecular formula is C14H13NO5S. The van der Waals surface area contributed by atoms with Gasteiger partial charge in [0, 0.05) is 17.0 Å². The van der Waals surface area contributed by atoms with Gasteiger partial charge in [-0.2, -0.15) is 0 Å². The molecule has 6 nitrogen and oxygen atoms in total. The number of nitro groups is 1. The van der Waals surface area contributed by atoms with Crippen molar-refractivity contribution in [2.75, 3.05) is 7.11 Å². The van der Waals surface area contributed by atoms with E-state index in [4.69, 9.17) is 4.42 Å². The van der Waals surface area contributed by atoms with Gasteiger partial charge >= 0.3 is 5.97 Å². The number of methoxy groups -OCH3 is 1. The average molecular weight is 307 g/mol. The fourth-order valence-electron chi connectivity index (χ4n) is 1.69. The number of nitrogens with zero attached hydrogens (tertiary/aromatic N) is 1. The Morgan fingerprint density at radius 2 is 1.95 bits per heavy atom. The highest BCUT2D eigenvalue weighted by molar-refractivity contribution is 7.99. The van der Waals surface area contributed by atoms with E-state index < -0.39 is 10.9 Å². The molecule has 0 aliphatic rings. The highest BCUT2D eigenvalue weighted by Crippen LogP contribution is 2.36. The molecule has 0 bridgehead atoms. The fraction of sp³-hybridized carbons (Fsp3) is 0.214. The molecule has 0 N–H and O–H groups in total. The van der Waals surface area contributed by atoms with Crippen LogP contribution in [0, 0.1) is 10.1 Å². The number of ether oxygens (including phenoxy) is 1. The molecule has 7 heteroatoms. The van der Waals surface area contributed by atoms with Gasteiger partial charge in [0.2, 0.25) is 5.76 Å². The van der Waals surface area contributed by atoms with E-state index in [1.165, 1.54) is 31.0 Å². The number of benzene rings is 1. The van der Waals surface area contributed by atoms with Crippen LogP contribution in [0.15, 0.2) is 45.7 Å². The standard InChI is InChI=1S/C14H13NO5S/c1-9(12-7-8-13(20-12)14(16)19-2)21-11-5-3-10(4-6-11)15(17)18/h3-9H,1-2H3. The Kier molecular flexibility index (Phi) is 4.64. The van der Waals surface area contributed by atoms with Crippen LogP contribution in [0.1, 0.15) is 28.5 Å². The molecule has 1 unspecified atom stereocenters. The Balaban J connectivity index is 2.07. The number of carbonyl (C=O) groups excluding carboxylic acids is 1. The lowest BCUT2D eigenvalue weighted by Gasteiger charge is -2.08. The van der Waals surface area contributed by atoms with E-state index >= 15 is 0 Å². The average Bonchev–Trinajstić information content (AvgIpc) is 2.97. The van der Waals surface area contributed by atoms with Crippen molar-refractivity contribution >= 4 is 23.4 Å². The molecule has 0 saturated carbocycles. The first-order valence-corrected chi connectivity index (χ1v) is 6.98. The molecule has 2 aromatic rings. The van der Waals surface area contributed by atoms with Crippen LogP contribution < -0.4 is 0 Å². The zero-order chi connectivity index (χ0) is 15.4. The lowest BCUT2D eigenvalue weighted by atomic mass is 10.3. The second-order valence-corrected chi connectivity index (χ2v) is 5.62. The number of esters is 1. The van der Waals surface area contributed by atoms with Gasteiger partial charge in [0.05, 0.1) is 17.3 Å². The Bertz CT molecular complexity index is 650. The smallest absolute Gasteiger partial charge is 0.373 e. The zero-order valence-corrected chi connectivity index (χ0v) is 12.3. The Morgan fingerprint density at radius 1 is 1.29 bits per heavy atom. The monoisotopic (exact) mass is 307 g/mol. The zero-order valence-electron chi connectivity index (χ0n) is 11.4. The molecule has 0 saturated heterocycles. The lowest BCUT2D eigenvalue weighted by Crippen LogP contribution is -1.98. The summed E-state index contributed by atoms with van der Waals surface area (Å²) in [5, 5.41) is 10.6. The van der Waals surface area contributed by atoms with Crippen LogP contribution in [0.3, 0.4) is 0 Å². The third kappa shape index (κ3) is 3.63. The number of hydrogen-bond acceptors (Lipinski definition) is 6. The number of rotatable bonds is 5. The van der Waals surface area contributed by atoms with Crippen molar-refractivity contribution in [1.29, 1.82) is 0 Å². The number of hydrogen-bond donors (Lipinski definition) is 0. The maximum atomic E-state index is 11.3. The molecule has 1 aromatic heterocycles. The van der Waals surface area contributed by atoms with Crippen LogP contribution in [-0.2, 0) is 4.74 Å². The van der Waals surface area contributed by atoms with E-state index in [0.29, 0.717) is 5.76 Å². The minimum absolute atomic E-state index is 0.0372. The summed E-state index contributed by atoms with van der Waals surface area (Å²) in [5.74, 6) is 0.274. The Hall–Kier alpha value is -2.28. The van der Waals surface area contributed by atoms with E-state index in [9.17, 15) is 14.9 Å². The van der Waals surface area contributed by atoms with Gasteiger partial charge in [0.25, 0.3) is 5.69 Å². The molecule has 0 aliphatic heterocycles. The molecule has 110 valence electrons. The molecule has 0 fully saturated rings. The van der Waals surface area contributed by atoms with E-state index in [2.05, 4.69) is 4.74 Å². The first-order valence-electron chi connectivity index (χ1n) is 6.10. The van der Waals surface area contributed by atoms with Gasteiger partial charge < -0.3 is 9.15 Å².